The smallest absolute Gasteiger partial charge is 0.410 e. The van der Waals surface area contributed by atoms with Crippen molar-refractivity contribution in [3.05, 3.63) is 58.7 Å². The number of benzene rings is 2. The Labute approximate surface area is 164 Å². The molecule has 5 heteroatoms. The van der Waals surface area contributed by atoms with E-state index in [0.717, 1.165) is 24.0 Å². The molecule has 1 fully saturated rings. The van der Waals surface area contributed by atoms with E-state index < -0.39 is 23.3 Å². The first-order chi connectivity index (χ1) is 13.2. The third kappa shape index (κ3) is 3.62. The highest BCUT2D eigenvalue weighted by Gasteiger charge is 2.33. The summed E-state index contributed by atoms with van der Waals surface area (Å²) < 4.78 is 34.5. The molecule has 1 aliphatic carbocycles. The number of amides is 1. The molecule has 148 valence electrons. The normalized spacial score (nSPS) is 16.7. The van der Waals surface area contributed by atoms with Crippen molar-refractivity contribution in [1.29, 1.82) is 0 Å². The van der Waals surface area contributed by atoms with Gasteiger partial charge in [-0.25, -0.2) is 13.6 Å². The molecule has 0 bridgehead atoms. The second kappa shape index (κ2) is 6.87. The lowest BCUT2D eigenvalue weighted by Gasteiger charge is -2.33. The zero-order valence-corrected chi connectivity index (χ0v) is 16.5. The fourth-order valence-corrected chi connectivity index (χ4v) is 3.95. The molecule has 0 atom stereocenters. The number of halogens is 2. The van der Waals surface area contributed by atoms with Gasteiger partial charge in [0.25, 0.3) is 0 Å². The topological polar surface area (TPSA) is 29.5 Å². The zero-order chi connectivity index (χ0) is 20.1. The summed E-state index contributed by atoms with van der Waals surface area (Å²) in [6.45, 7) is 6.33. The van der Waals surface area contributed by atoms with Gasteiger partial charge in [0.1, 0.15) is 17.2 Å². The van der Waals surface area contributed by atoms with Crippen LogP contribution in [0.25, 0.3) is 11.1 Å². The summed E-state index contributed by atoms with van der Waals surface area (Å²) in [7, 11) is 0. The van der Waals surface area contributed by atoms with Crippen molar-refractivity contribution in [3.8, 4) is 11.1 Å². The summed E-state index contributed by atoms with van der Waals surface area (Å²) in [5, 5.41) is 0. The number of carbonyl (C=O) groups excluding carboxylic acids is 1. The van der Waals surface area contributed by atoms with Crippen LogP contribution in [0.5, 0.6) is 0 Å². The van der Waals surface area contributed by atoms with Crippen LogP contribution in [0.4, 0.5) is 13.6 Å². The van der Waals surface area contributed by atoms with Gasteiger partial charge < -0.3 is 9.64 Å². The average Bonchev–Trinajstić information content (AvgIpc) is 3.44. The predicted molar refractivity (Wildman–Crippen MR) is 104 cm³/mol. The van der Waals surface area contributed by atoms with Crippen LogP contribution >= 0.6 is 0 Å². The third-order valence-corrected chi connectivity index (χ3v) is 5.35. The highest BCUT2D eigenvalue weighted by Crippen LogP contribution is 2.45. The highest BCUT2D eigenvalue weighted by molar-refractivity contribution is 5.74. The second-order valence-electron chi connectivity index (χ2n) is 8.68. The summed E-state index contributed by atoms with van der Waals surface area (Å²) in [5.74, 6) is -0.645. The number of ether oxygens (including phenoxy) is 1. The fourth-order valence-electron chi connectivity index (χ4n) is 3.95. The van der Waals surface area contributed by atoms with E-state index in [-0.39, 0.29) is 5.56 Å². The van der Waals surface area contributed by atoms with E-state index in [2.05, 4.69) is 0 Å². The van der Waals surface area contributed by atoms with Crippen LogP contribution in [0.2, 0.25) is 0 Å². The van der Waals surface area contributed by atoms with Crippen LogP contribution < -0.4 is 0 Å². The van der Waals surface area contributed by atoms with Crippen molar-refractivity contribution >= 4 is 6.09 Å². The van der Waals surface area contributed by atoms with Gasteiger partial charge in [0.05, 0.1) is 5.56 Å². The van der Waals surface area contributed by atoms with E-state index in [9.17, 15) is 13.6 Å². The maximum Gasteiger partial charge on any atom is 0.410 e. The predicted octanol–water partition coefficient (Wildman–Crippen LogP) is 5.80. The van der Waals surface area contributed by atoms with E-state index in [4.69, 9.17) is 4.74 Å². The minimum Gasteiger partial charge on any atom is -0.444 e. The Hall–Kier alpha value is -2.43. The monoisotopic (exact) mass is 385 g/mol. The van der Waals surface area contributed by atoms with Crippen molar-refractivity contribution in [2.45, 2.75) is 58.1 Å². The summed E-state index contributed by atoms with van der Waals surface area (Å²) in [6.07, 6.45) is 2.57. The van der Waals surface area contributed by atoms with Crippen LogP contribution in [-0.4, -0.2) is 23.1 Å². The first kappa shape index (κ1) is 18.9. The fraction of sp³-hybridized carbons (Fsp3) is 0.435. The quantitative estimate of drug-likeness (QED) is 0.654. The maximum absolute atomic E-state index is 14.5. The lowest BCUT2D eigenvalue weighted by molar-refractivity contribution is 0.0224. The summed E-state index contributed by atoms with van der Waals surface area (Å²) >= 11 is 0. The molecule has 0 spiro atoms. The largest absolute Gasteiger partial charge is 0.444 e. The van der Waals surface area contributed by atoms with Gasteiger partial charge in [-0.05, 0) is 80.3 Å². The molecular weight excluding hydrogens is 360 g/mol. The number of nitrogens with zero attached hydrogens (tertiary/aromatic N) is 1. The minimum absolute atomic E-state index is 0.0212. The number of hydrogen-bond acceptors (Lipinski definition) is 2. The van der Waals surface area contributed by atoms with Gasteiger partial charge in [-0.3, -0.25) is 0 Å². The molecular formula is C23H25F2NO2. The Bertz CT molecular complexity index is 909. The molecule has 1 aliphatic heterocycles. The Morgan fingerprint density at radius 3 is 2.36 bits per heavy atom. The van der Waals surface area contributed by atoms with Gasteiger partial charge in [0, 0.05) is 13.1 Å². The lowest BCUT2D eigenvalue weighted by Crippen LogP contribution is -2.40. The molecule has 2 aromatic carbocycles. The van der Waals surface area contributed by atoms with Gasteiger partial charge in [-0.2, -0.15) is 0 Å². The Kier molecular flexibility index (Phi) is 4.64. The van der Waals surface area contributed by atoms with Crippen LogP contribution in [0.15, 0.2) is 30.3 Å². The van der Waals surface area contributed by atoms with E-state index in [0.29, 0.717) is 31.0 Å². The first-order valence-corrected chi connectivity index (χ1v) is 9.81. The van der Waals surface area contributed by atoms with Crippen LogP contribution in [0.3, 0.4) is 0 Å². The van der Waals surface area contributed by atoms with Gasteiger partial charge in [-0.15, -0.1) is 0 Å². The van der Waals surface area contributed by atoms with Gasteiger partial charge >= 0.3 is 6.09 Å². The standard InChI is InChI=1S/C23H25F2NO2/c1-23(2,3)28-22(27)26-12-11-16-15(14-7-8-14)9-10-17(18(16)13-26)21-19(24)5-4-6-20(21)25/h4-6,9-10,14H,7-8,11-13H2,1-3H3. The maximum atomic E-state index is 14.5. The average molecular weight is 385 g/mol. The number of rotatable bonds is 2. The molecule has 1 heterocycles. The van der Waals surface area contributed by atoms with Crippen molar-refractivity contribution in [1.82, 2.24) is 4.90 Å². The molecule has 0 aromatic heterocycles. The summed E-state index contributed by atoms with van der Waals surface area (Å²) in [6, 6.07) is 7.74. The number of fused-ring (bicyclic) bond motifs is 1. The Morgan fingerprint density at radius 1 is 1.07 bits per heavy atom. The first-order valence-electron chi connectivity index (χ1n) is 9.81. The summed E-state index contributed by atoms with van der Waals surface area (Å²) in [4.78, 5) is 14.2. The Morgan fingerprint density at radius 2 is 1.75 bits per heavy atom. The molecule has 0 unspecified atom stereocenters. The number of hydrogen-bond donors (Lipinski definition) is 0. The molecule has 2 aliphatic rings. The molecule has 3 nitrogen and oxygen atoms in total. The van der Waals surface area contributed by atoms with Crippen LogP contribution in [0.1, 0.15) is 56.2 Å². The molecule has 0 N–H and O–H groups in total. The molecule has 4 rings (SSSR count). The van der Waals surface area contributed by atoms with Crippen molar-refractivity contribution in [2.75, 3.05) is 6.54 Å². The minimum atomic E-state index is -0.590. The van der Waals surface area contributed by atoms with Gasteiger partial charge in [-0.1, -0.05) is 18.2 Å². The second-order valence-corrected chi connectivity index (χ2v) is 8.68. The SMILES string of the molecule is CC(C)(C)OC(=O)N1CCc2c(C3CC3)ccc(-c3c(F)cccc3F)c2C1. The van der Waals surface area contributed by atoms with Crippen molar-refractivity contribution < 1.29 is 18.3 Å². The van der Waals surface area contributed by atoms with Crippen molar-refractivity contribution in [3.63, 3.8) is 0 Å². The molecule has 0 saturated heterocycles. The molecule has 1 amide bonds. The van der Waals surface area contributed by atoms with Crippen LogP contribution in [-0.2, 0) is 17.7 Å². The molecule has 0 radical (unpaired) electrons. The lowest BCUT2D eigenvalue weighted by atomic mass is 9.86. The molecule has 2 aromatic rings. The zero-order valence-electron chi connectivity index (χ0n) is 16.5. The number of carbonyl (C=O) groups is 1. The van der Waals surface area contributed by atoms with E-state index in [1.54, 1.807) is 4.90 Å². The van der Waals surface area contributed by atoms with Crippen LogP contribution in [0, 0.1) is 11.6 Å². The molecule has 28 heavy (non-hydrogen) atoms. The van der Waals surface area contributed by atoms with Crippen molar-refractivity contribution in [2.24, 2.45) is 0 Å². The van der Waals surface area contributed by atoms with E-state index >= 15 is 0 Å². The van der Waals surface area contributed by atoms with E-state index in [1.165, 1.54) is 23.8 Å². The third-order valence-electron chi connectivity index (χ3n) is 5.35. The summed E-state index contributed by atoms with van der Waals surface area (Å²) in [5.41, 5.74) is 3.16. The Balaban J connectivity index is 1.78. The van der Waals surface area contributed by atoms with E-state index in [1.807, 2.05) is 32.9 Å². The van der Waals surface area contributed by atoms with Gasteiger partial charge in [0.15, 0.2) is 0 Å². The molecule has 1 saturated carbocycles. The highest BCUT2D eigenvalue weighted by atomic mass is 19.1. The van der Waals surface area contributed by atoms with Gasteiger partial charge in [0.2, 0.25) is 0 Å².